The van der Waals surface area contributed by atoms with Gasteiger partial charge in [0.15, 0.2) is 24.8 Å². The summed E-state index contributed by atoms with van der Waals surface area (Å²) in [7, 11) is 0. The highest BCUT2D eigenvalue weighted by molar-refractivity contribution is 5.71. The fourth-order valence-electron chi connectivity index (χ4n) is 6.67. The number of aliphatic carboxylic acids is 1. The van der Waals surface area contributed by atoms with Gasteiger partial charge in [0.2, 0.25) is 0 Å². The smallest absolute Gasteiger partial charge is 0.332 e. The van der Waals surface area contributed by atoms with Crippen molar-refractivity contribution in [1.29, 1.82) is 0 Å². The van der Waals surface area contributed by atoms with Crippen molar-refractivity contribution >= 4 is 17.9 Å². The number of carbonyl (C=O) groups excluding carboxylic acids is 2. The summed E-state index contributed by atoms with van der Waals surface area (Å²) in [5.74, 6) is -2.81. The first-order valence-electron chi connectivity index (χ1n) is 20.2. The fraction of sp³-hybridized carbons (Fsp3) is 0.921. The highest BCUT2D eigenvalue weighted by Gasteiger charge is 2.52. The lowest BCUT2D eigenvalue weighted by Crippen LogP contribution is -2.65. The van der Waals surface area contributed by atoms with Gasteiger partial charge in [-0.15, -0.1) is 0 Å². The number of hydrogen-bond donors (Lipinski definition) is 9. The molecule has 328 valence electrons. The van der Waals surface area contributed by atoms with Crippen LogP contribution in [0.4, 0.5) is 0 Å². The first-order chi connectivity index (χ1) is 26.7. The van der Waals surface area contributed by atoms with Crippen LogP contribution in [0.1, 0.15) is 123 Å². The molecule has 18 heteroatoms. The zero-order valence-corrected chi connectivity index (χ0v) is 32.8. The monoisotopic (exact) mass is 812 g/mol. The zero-order chi connectivity index (χ0) is 41.6. The van der Waals surface area contributed by atoms with Crippen molar-refractivity contribution in [3.05, 3.63) is 0 Å². The molecular weight excluding hydrogens is 744 g/mol. The molecule has 9 N–H and O–H groups in total. The second-order valence-corrected chi connectivity index (χ2v) is 14.9. The largest absolute Gasteiger partial charge is 0.479 e. The minimum atomic E-state index is -1.87. The summed E-state index contributed by atoms with van der Waals surface area (Å²) in [6.45, 7) is 1.61. The average molecular weight is 813 g/mol. The Morgan fingerprint density at radius 2 is 1.21 bits per heavy atom. The Morgan fingerprint density at radius 1 is 0.661 bits per heavy atom. The third-order valence-electron chi connectivity index (χ3n) is 10.0. The number of unbranched alkanes of at least 4 members (excludes halogenated alkanes) is 11. The van der Waals surface area contributed by atoms with Crippen LogP contribution in [0.5, 0.6) is 0 Å². The van der Waals surface area contributed by atoms with E-state index in [9.17, 15) is 55.2 Å². The van der Waals surface area contributed by atoms with Crippen LogP contribution in [0.2, 0.25) is 0 Å². The van der Waals surface area contributed by atoms with E-state index >= 15 is 0 Å². The molecule has 2 heterocycles. The minimum Gasteiger partial charge on any atom is -0.479 e. The first kappa shape index (κ1) is 50.1. The molecule has 0 unspecified atom stereocenters. The quantitative estimate of drug-likeness (QED) is 0.0369. The summed E-state index contributed by atoms with van der Waals surface area (Å²) in [4.78, 5) is 34.9. The van der Waals surface area contributed by atoms with Gasteiger partial charge in [-0.3, -0.25) is 9.59 Å². The molecule has 0 spiro atoms. The van der Waals surface area contributed by atoms with Gasteiger partial charge in [0.1, 0.15) is 49.3 Å². The predicted molar refractivity (Wildman–Crippen MR) is 196 cm³/mol. The normalized spacial score (nSPS) is 29.7. The second-order valence-electron chi connectivity index (χ2n) is 14.9. The molecular formula is C38H68O18. The van der Waals surface area contributed by atoms with Crippen LogP contribution in [0.3, 0.4) is 0 Å². The summed E-state index contributed by atoms with van der Waals surface area (Å²) in [6, 6.07) is 0. The molecule has 2 rings (SSSR count). The van der Waals surface area contributed by atoms with Crippen molar-refractivity contribution in [2.45, 2.75) is 203 Å². The van der Waals surface area contributed by atoms with Crippen molar-refractivity contribution in [3.8, 4) is 0 Å². The number of carboxylic acids is 1. The van der Waals surface area contributed by atoms with E-state index in [0.717, 1.165) is 77.6 Å². The van der Waals surface area contributed by atoms with E-state index in [0.29, 0.717) is 25.7 Å². The molecule has 2 saturated heterocycles. The Kier molecular flexibility index (Phi) is 24.7. The average Bonchev–Trinajstić information content (AvgIpc) is 3.15. The Bertz CT molecular complexity index is 1100. The van der Waals surface area contributed by atoms with E-state index in [1.54, 1.807) is 0 Å². The lowest BCUT2D eigenvalue weighted by molar-refractivity contribution is -0.360. The highest BCUT2D eigenvalue weighted by atomic mass is 16.7. The van der Waals surface area contributed by atoms with Gasteiger partial charge < -0.3 is 74.4 Å². The molecule has 13 atom stereocenters. The topological polar surface area (TPSA) is 289 Å². The first-order valence-corrected chi connectivity index (χ1v) is 20.2. The van der Waals surface area contributed by atoms with Crippen LogP contribution >= 0.6 is 0 Å². The van der Waals surface area contributed by atoms with Crippen LogP contribution < -0.4 is 0 Å². The molecule has 0 aromatic heterocycles. The molecule has 0 aromatic rings. The fourth-order valence-corrected chi connectivity index (χ4v) is 6.67. The summed E-state index contributed by atoms with van der Waals surface area (Å²) in [5.41, 5.74) is 0. The Hall–Kier alpha value is -2.07. The summed E-state index contributed by atoms with van der Waals surface area (Å²) in [5, 5.41) is 92.4. The molecule has 56 heavy (non-hydrogen) atoms. The van der Waals surface area contributed by atoms with E-state index < -0.39 is 117 Å². The van der Waals surface area contributed by atoms with Crippen LogP contribution in [0.25, 0.3) is 0 Å². The van der Waals surface area contributed by atoms with Gasteiger partial charge in [-0.1, -0.05) is 90.4 Å². The van der Waals surface area contributed by atoms with Crippen molar-refractivity contribution in [2.24, 2.45) is 0 Å². The predicted octanol–water partition coefficient (Wildman–Crippen LogP) is 0.568. The van der Waals surface area contributed by atoms with Crippen LogP contribution in [-0.4, -0.2) is 163 Å². The maximum absolute atomic E-state index is 12.6. The summed E-state index contributed by atoms with van der Waals surface area (Å²) < 4.78 is 33.2. The van der Waals surface area contributed by atoms with E-state index in [-0.39, 0.29) is 13.0 Å². The molecule has 2 aliphatic heterocycles. The molecule has 0 bridgehead atoms. The van der Waals surface area contributed by atoms with Gasteiger partial charge in [-0.25, -0.2) is 4.79 Å². The van der Waals surface area contributed by atoms with Crippen molar-refractivity contribution in [2.75, 3.05) is 19.8 Å². The van der Waals surface area contributed by atoms with Gasteiger partial charge in [-0.2, -0.15) is 0 Å². The number of aliphatic hydroxyl groups excluding tert-OH is 8. The van der Waals surface area contributed by atoms with Gasteiger partial charge in [-0.05, 0) is 19.3 Å². The van der Waals surface area contributed by atoms with Crippen molar-refractivity contribution in [1.82, 2.24) is 0 Å². The number of carboxylic acid groups (broad SMARTS) is 1. The standard InChI is InChI=1S/C38H68O18/c1-3-4-13-16-24(41)19-29(44)55-35-30(45)27(20-39)53-38(33(35)48)56-34-28(22-51-23(2)40)54-37(32(47)31(34)46)52-21-25(42)17-14-11-9-7-5-6-8-10-12-15-18-26(43)36(49)50/h24-28,30-35,37-39,41-43,45-48H,3-22H2,1-2H3,(H,49,50)/t24-,25+,26+,27+,28+,30+,31+,32+,33+,34+,35-,37+,38-/m0/s1. The van der Waals surface area contributed by atoms with Crippen LogP contribution in [0.15, 0.2) is 0 Å². The molecule has 0 amide bonds. The SMILES string of the molecule is CCCCC[C@H](O)CC(=O)O[C@@H]1[C@@H](O)[C@H](O[C@H]2[C@H](O)[C@@H](O)[C@H](OC[C@H](O)CCCCCCCCCCCC[C@@H](O)C(=O)O)O[C@@H]2COC(C)=O)O[C@H](CO)[C@H]1O. The maximum Gasteiger partial charge on any atom is 0.332 e. The Labute approximate surface area is 329 Å². The summed E-state index contributed by atoms with van der Waals surface area (Å²) in [6.07, 6.45) is -7.02. The van der Waals surface area contributed by atoms with Gasteiger partial charge in [0.25, 0.3) is 0 Å². The lowest BCUT2D eigenvalue weighted by atomic mass is 9.96. The van der Waals surface area contributed by atoms with Crippen LogP contribution in [0, 0.1) is 0 Å². The summed E-state index contributed by atoms with van der Waals surface area (Å²) >= 11 is 0. The molecule has 0 radical (unpaired) electrons. The Balaban J connectivity index is 1.86. The van der Waals surface area contributed by atoms with E-state index in [4.69, 9.17) is 33.5 Å². The number of hydrogen-bond acceptors (Lipinski definition) is 17. The maximum atomic E-state index is 12.6. The molecule has 0 aromatic carbocycles. The third-order valence-corrected chi connectivity index (χ3v) is 10.0. The zero-order valence-electron chi connectivity index (χ0n) is 32.8. The minimum absolute atomic E-state index is 0.245. The third kappa shape index (κ3) is 18.2. The highest BCUT2D eigenvalue weighted by Crippen LogP contribution is 2.31. The van der Waals surface area contributed by atoms with Gasteiger partial charge in [0, 0.05) is 6.92 Å². The lowest BCUT2D eigenvalue weighted by Gasteiger charge is -2.46. The van der Waals surface area contributed by atoms with Crippen molar-refractivity contribution < 1.29 is 88.8 Å². The second kappa shape index (κ2) is 27.6. The molecule has 0 aliphatic carbocycles. The van der Waals surface area contributed by atoms with E-state index in [1.807, 2.05) is 6.92 Å². The van der Waals surface area contributed by atoms with Crippen molar-refractivity contribution in [3.63, 3.8) is 0 Å². The van der Waals surface area contributed by atoms with E-state index in [2.05, 4.69) is 0 Å². The number of carbonyl (C=O) groups is 3. The number of ether oxygens (including phenoxy) is 6. The molecule has 18 nitrogen and oxygen atoms in total. The van der Waals surface area contributed by atoms with E-state index in [1.165, 1.54) is 0 Å². The van der Waals surface area contributed by atoms with Gasteiger partial charge >= 0.3 is 17.9 Å². The molecule has 2 fully saturated rings. The number of aliphatic hydroxyl groups is 8. The van der Waals surface area contributed by atoms with Gasteiger partial charge in [0.05, 0.1) is 31.8 Å². The number of rotatable bonds is 29. The molecule has 2 aliphatic rings. The van der Waals surface area contributed by atoms with Crippen LogP contribution in [-0.2, 0) is 42.8 Å². The molecule has 0 saturated carbocycles. The number of esters is 2. The Morgan fingerprint density at radius 3 is 1.79 bits per heavy atom.